The van der Waals surface area contributed by atoms with Crippen molar-refractivity contribution >= 4 is 11.6 Å². The minimum absolute atomic E-state index is 0.0350. The molecule has 0 aliphatic rings. The first-order valence-electron chi connectivity index (χ1n) is 7.57. The number of ketones is 2. The maximum Gasteiger partial charge on any atom is 0.146 e. The Morgan fingerprint density at radius 1 is 1.10 bits per heavy atom. The number of hydrogen-bond acceptors (Lipinski definition) is 3. The van der Waals surface area contributed by atoms with Crippen LogP contribution in [0.3, 0.4) is 0 Å². The summed E-state index contributed by atoms with van der Waals surface area (Å²) in [5.41, 5.74) is -0.344. The minimum Gasteiger partial charge on any atom is -0.385 e. The molecule has 0 aromatic heterocycles. The molecule has 3 nitrogen and oxygen atoms in total. The third-order valence-corrected chi connectivity index (χ3v) is 3.97. The molecule has 20 heavy (non-hydrogen) atoms. The van der Waals surface area contributed by atoms with Gasteiger partial charge in [-0.05, 0) is 24.2 Å². The van der Waals surface area contributed by atoms with Crippen LogP contribution in [0.15, 0.2) is 0 Å². The van der Waals surface area contributed by atoms with Crippen LogP contribution in [0.5, 0.6) is 0 Å². The smallest absolute Gasteiger partial charge is 0.146 e. The fourth-order valence-electron chi connectivity index (χ4n) is 2.61. The molecule has 0 N–H and O–H groups in total. The Morgan fingerprint density at radius 3 is 2.05 bits per heavy atom. The average molecular weight is 284 g/mol. The molecule has 0 heterocycles. The molecule has 0 aromatic carbocycles. The zero-order valence-electron chi connectivity index (χ0n) is 14.3. The van der Waals surface area contributed by atoms with E-state index in [0.717, 1.165) is 6.42 Å². The summed E-state index contributed by atoms with van der Waals surface area (Å²) >= 11 is 0. The van der Waals surface area contributed by atoms with Crippen LogP contribution in [0.1, 0.15) is 67.2 Å². The van der Waals surface area contributed by atoms with Gasteiger partial charge in [0.15, 0.2) is 0 Å². The molecule has 0 fully saturated rings. The molecule has 0 rings (SSSR count). The molecule has 0 aromatic rings. The van der Waals surface area contributed by atoms with E-state index < -0.39 is 5.41 Å². The maximum atomic E-state index is 12.6. The third kappa shape index (κ3) is 6.65. The summed E-state index contributed by atoms with van der Waals surface area (Å²) in [5.74, 6) is 0.360. The van der Waals surface area contributed by atoms with Crippen LogP contribution in [-0.4, -0.2) is 25.3 Å². The van der Waals surface area contributed by atoms with E-state index in [1.165, 1.54) is 0 Å². The van der Waals surface area contributed by atoms with Crippen molar-refractivity contribution in [2.75, 3.05) is 13.7 Å². The summed E-state index contributed by atoms with van der Waals surface area (Å²) in [5, 5.41) is 0. The van der Waals surface area contributed by atoms with Crippen LogP contribution in [0.2, 0.25) is 0 Å². The molecule has 0 saturated heterocycles. The van der Waals surface area contributed by atoms with E-state index in [1.54, 1.807) is 7.11 Å². The SMILES string of the molecule is COCCCC(=O)CC(=O)C(C)(CC(C)(C)C)C(C)C. The summed E-state index contributed by atoms with van der Waals surface area (Å²) in [6.45, 7) is 13.1. The molecule has 1 atom stereocenters. The van der Waals surface area contributed by atoms with Gasteiger partial charge >= 0.3 is 0 Å². The summed E-state index contributed by atoms with van der Waals surface area (Å²) in [7, 11) is 1.62. The van der Waals surface area contributed by atoms with Crippen LogP contribution in [0.4, 0.5) is 0 Å². The van der Waals surface area contributed by atoms with Crippen molar-refractivity contribution in [2.24, 2.45) is 16.7 Å². The fourth-order valence-corrected chi connectivity index (χ4v) is 2.61. The van der Waals surface area contributed by atoms with Gasteiger partial charge in [-0.25, -0.2) is 0 Å². The quantitative estimate of drug-likeness (QED) is 0.474. The fraction of sp³-hybridized carbons (Fsp3) is 0.882. The second-order valence-electron chi connectivity index (χ2n) is 7.54. The monoisotopic (exact) mass is 284 g/mol. The van der Waals surface area contributed by atoms with Crippen LogP contribution in [0, 0.1) is 16.7 Å². The number of rotatable bonds is 9. The molecule has 0 radical (unpaired) electrons. The molecule has 0 aliphatic carbocycles. The van der Waals surface area contributed by atoms with Crippen molar-refractivity contribution in [1.29, 1.82) is 0 Å². The van der Waals surface area contributed by atoms with Crippen molar-refractivity contribution < 1.29 is 14.3 Å². The zero-order valence-corrected chi connectivity index (χ0v) is 14.3. The Hall–Kier alpha value is -0.700. The van der Waals surface area contributed by atoms with Gasteiger partial charge < -0.3 is 4.74 Å². The van der Waals surface area contributed by atoms with Gasteiger partial charge in [-0.15, -0.1) is 0 Å². The molecule has 0 saturated carbocycles. The van der Waals surface area contributed by atoms with E-state index in [2.05, 4.69) is 34.6 Å². The molecule has 0 bridgehead atoms. The molecule has 3 heteroatoms. The molecule has 1 unspecified atom stereocenters. The Labute approximate surface area is 124 Å². The highest BCUT2D eigenvalue weighted by Crippen LogP contribution is 2.40. The van der Waals surface area contributed by atoms with Crippen LogP contribution in [-0.2, 0) is 14.3 Å². The largest absolute Gasteiger partial charge is 0.385 e. The number of carbonyl (C=O) groups is 2. The third-order valence-electron chi connectivity index (χ3n) is 3.97. The van der Waals surface area contributed by atoms with Gasteiger partial charge in [0.2, 0.25) is 0 Å². The van der Waals surface area contributed by atoms with Gasteiger partial charge in [-0.2, -0.15) is 0 Å². The second kappa shape index (κ2) is 7.92. The van der Waals surface area contributed by atoms with E-state index in [4.69, 9.17) is 4.74 Å². The Kier molecular flexibility index (Phi) is 7.64. The number of methoxy groups -OCH3 is 1. The molecule has 118 valence electrons. The summed E-state index contributed by atoms with van der Waals surface area (Å²) in [6.07, 6.45) is 2.00. The van der Waals surface area contributed by atoms with E-state index in [9.17, 15) is 9.59 Å². The van der Waals surface area contributed by atoms with Gasteiger partial charge in [0, 0.05) is 25.6 Å². The first kappa shape index (κ1) is 19.3. The second-order valence-corrected chi connectivity index (χ2v) is 7.54. The van der Waals surface area contributed by atoms with Crippen molar-refractivity contribution in [3.8, 4) is 0 Å². The zero-order chi connectivity index (χ0) is 16.0. The van der Waals surface area contributed by atoms with E-state index in [-0.39, 0.29) is 29.3 Å². The number of carbonyl (C=O) groups excluding carboxylic acids is 2. The normalized spacial score (nSPS) is 15.2. The van der Waals surface area contributed by atoms with Crippen molar-refractivity contribution in [3.05, 3.63) is 0 Å². The minimum atomic E-state index is -0.421. The van der Waals surface area contributed by atoms with Crippen LogP contribution in [0.25, 0.3) is 0 Å². The highest BCUT2D eigenvalue weighted by Gasteiger charge is 2.39. The average Bonchev–Trinajstić information content (AvgIpc) is 2.26. The number of ether oxygens (including phenoxy) is 1. The lowest BCUT2D eigenvalue weighted by Gasteiger charge is -2.37. The van der Waals surface area contributed by atoms with Crippen LogP contribution < -0.4 is 0 Å². The van der Waals surface area contributed by atoms with Gasteiger partial charge in [0.05, 0.1) is 6.42 Å². The van der Waals surface area contributed by atoms with Crippen molar-refractivity contribution in [3.63, 3.8) is 0 Å². The van der Waals surface area contributed by atoms with Crippen molar-refractivity contribution in [2.45, 2.75) is 67.2 Å². The van der Waals surface area contributed by atoms with Gasteiger partial charge in [-0.1, -0.05) is 41.5 Å². The number of hydrogen-bond donors (Lipinski definition) is 0. The lowest BCUT2D eigenvalue weighted by Crippen LogP contribution is -2.38. The predicted molar refractivity (Wildman–Crippen MR) is 82.8 cm³/mol. The topological polar surface area (TPSA) is 43.4 Å². The van der Waals surface area contributed by atoms with Crippen LogP contribution >= 0.6 is 0 Å². The number of Topliss-reactive ketones (excluding diaryl/α,β-unsaturated/α-hetero) is 2. The summed E-state index contributed by atoms with van der Waals surface area (Å²) in [4.78, 5) is 24.5. The van der Waals surface area contributed by atoms with E-state index in [0.29, 0.717) is 19.4 Å². The lowest BCUT2D eigenvalue weighted by molar-refractivity contribution is -0.136. The molecule has 0 spiro atoms. The van der Waals surface area contributed by atoms with Gasteiger partial charge in [0.25, 0.3) is 0 Å². The molecule has 0 amide bonds. The van der Waals surface area contributed by atoms with Gasteiger partial charge in [-0.3, -0.25) is 9.59 Å². The Balaban J connectivity index is 4.70. The van der Waals surface area contributed by atoms with E-state index >= 15 is 0 Å². The van der Waals surface area contributed by atoms with Crippen molar-refractivity contribution in [1.82, 2.24) is 0 Å². The molecule has 0 aliphatic heterocycles. The Bertz CT molecular complexity index is 326. The summed E-state index contributed by atoms with van der Waals surface area (Å²) < 4.78 is 4.93. The summed E-state index contributed by atoms with van der Waals surface area (Å²) in [6, 6.07) is 0. The lowest BCUT2D eigenvalue weighted by atomic mass is 9.65. The standard InChI is InChI=1S/C17H32O3/c1-13(2)17(6,12-16(3,4)5)15(19)11-14(18)9-8-10-20-7/h13H,8-12H2,1-7H3. The highest BCUT2D eigenvalue weighted by molar-refractivity contribution is 6.01. The first-order valence-corrected chi connectivity index (χ1v) is 7.57. The Morgan fingerprint density at radius 2 is 1.65 bits per heavy atom. The first-order chi connectivity index (χ1) is 9.03. The predicted octanol–water partition coefficient (Wildman–Crippen LogP) is 4.04. The van der Waals surface area contributed by atoms with Gasteiger partial charge in [0.1, 0.15) is 11.6 Å². The maximum absolute atomic E-state index is 12.6. The van der Waals surface area contributed by atoms with E-state index in [1.807, 2.05) is 6.92 Å². The molecular formula is C17H32O3. The highest BCUT2D eigenvalue weighted by atomic mass is 16.5. The molecular weight excluding hydrogens is 252 g/mol.